The van der Waals surface area contributed by atoms with Gasteiger partial charge >= 0.3 is 0 Å². The zero-order chi connectivity index (χ0) is 15.0. The summed E-state index contributed by atoms with van der Waals surface area (Å²) in [5.74, 6) is 0.848. The molecule has 1 amide bonds. The SMILES string of the molecule is COCCCN(CCOC)C(=O)C1CCC(C)C(N)C1. The van der Waals surface area contributed by atoms with Crippen LogP contribution in [-0.4, -0.2) is 57.4 Å². The van der Waals surface area contributed by atoms with Crippen molar-refractivity contribution in [2.24, 2.45) is 17.6 Å². The van der Waals surface area contributed by atoms with E-state index in [4.69, 9.17) is 15.2 Å². The molecule has 2 N–H and O–H groups in total. The maximum absolute atomic E-state index is 12.6. The van der Waals surface area contributed by atoms with Crippen molar-refractivity contribution in [1.29, 1.82) is 0 Å². The summed E-state index contributed by atoms with van der Waals surface area (Å²) in [5, 5.41) is 0. The lowest BCUT2D eigenvalue weighted by atomic mass is 9.79. The molecule has 5 heteroatoms. The van der Waals surface area contributed by atoms with E-state index in [1.54, 1.807) is 14.2 Å². The lowest BCUT2D eigenvalue weighted by Gasteiger charge is -2.34. The van der Waals surface area contributed by atoms with Gasteiger partial charge in [0.2, 0.25) is 5.91 Å². The van der Waals surface area contributed by atoms with Crippen molar-refractivity contribution in [3.63, 3.8) is 0 Å². The highest BCUT2D eigenvalue weighted by Gasteiger charge is 2.31. The summed E-state index contributed by atoms with van der Waals surface area (Å²) in [5.41, 5.74) is 6.11. The fourth-order valence-electron chi connectivity index (χ4n) is 2.77. The van der Waals surface area contributed by atoms with Gasteiger partial charge in [-0.1, -0.05) is 6.92 Å². The maximum Gasteiger partial charge on any atom is 0.225 e. The van der Waals surface area contributed by atoms with Gasteiger partial charge in [0.15, 0.2) is 0 Å². The molecular weight excluding hydrogens is 256 g/mol. The fourth-order valence-corrected chi connectivity index (χ4v) is 2.77. The van der Waals surface area contributed by atoms with Crippen LogP contribution in [-0.2, 0) is 14.3 Å². The van der Waals surface area contributed by atoms with Gasteiger partial charge in [-0.3, -0.25) is 4.79 Å². The average molecular weight is 286 g/mol. The average Bonchev–Trinajstić information content (AvgIpc) is 2.45. The standard InChI is InChI=1S/C15H30N2O3/c1-12-5-6-13(11-14(12)16)15(18)17(8-10-20-3)7-4-9-19-2/h12-14H,4-11,16H2,1-3H3. The summed E-state index contributed by atoms with van der Waals surface area (Å²) in [7, 11) is 3.35. The first-order chi connectivity index (χ1) is 9.60. The van der Waals surface area contributed by atoms with Crippen molar-refractivity contribution >= 4 is 5.91 Å². The van der Waals surface area contributed by atoms with E-state index in [0.29, 0.717) is 25.7 Å². The number of ether oxygens (including phenoxy) is 2. The third-order valence-corrected chi connectivity index (χ3v) is 4.26. The normalized spacial score (nSPS) is 26.5. The summed E-state index contributed by atoms with van der Waals surface area (Å²) >= 11 is 0. The van der Waals surface area contributed by atoms with E-state index < -0.39 is 0 Å². The monoisotopic (exact) mass is 286 g/mol. The molecule has 5 nitrogen and oxygen atoms in total. The molecule has 0 bridgehead atoms. The predicted molar refractivity (Wildman–Crippen MR) is 79.4 cm³/mol. The Morgan fingerprint density at radius 3 is 2.50 bits per heavy atom. The van der Waals surface area contributed by atoms with Crippen LogP contribution in [0.4, 0.5) is 0 Å². The van der Waals surface area contributed by atoms with E-state index in [1.165, 1.54) is 0 Å². The van der Waals surface area contributed by atoms with Gasteiger partial charge in [-0.25, -0.2) is 0 Å². The van der Waals surface area contributed by atoms with Crippen molar-refractivity contribution in [3.05, 3.63) is 0 Å². The minimum atomic E-state index is 0.0839. The van der Waals surface area contributed by atoms with Crippen LogP contribution >= 0.6 is 0 Å². The number of hydrogen-bond acceptors (Lipinski definition) is 4. The highest BCUT2D eigenvalue weighted by atomic mass is 16.5. The predicted octanol–water partition coefficient (Wildman–Crippen LogP) is 1.26. The molecule has 0 aliphatic heterocycles. The molecule has 0 aromatic rings. The lowest BCUT2D eigenvalue weighted by molar-refractivity contribution is -0.137. The van der Waals surface area contributed by atoms with Crippen molar-refractivity contribution in [2.45, 2.75) is 38.6 Å². The number of methoxy groups -OCH3 is 2. The van der Waals surface area contributed by atoms with E-state index >= 15 is 0 Å². The molecule has 1 fully saturated rings. The van der Waals surface area contributed by atoms with Gasteiger partial charge in [0.25, 0.3) is 0 Å². The molecule has 3 atom stereocenters. The van der Waals surface area contributed by atoms with Crippen LogP contribution in [0.25, 0.3) is 0 Å². The van der Waals surface area contributed by atoms with E-state index in [-0.39, 0.29) is 17.9 Å². The second-order valence-electron chi connectivity index (χ2n) is 5.82. The van der Waals surface area contributed by atoms with E-state index in [0.717, 1.165) is 32.2 Å². The summed E-state index contributed by atoms with van der Waals surface area (Å²) in [6, 6.07) is 0.154. The summed E-state index contributed by atoms with van der Waals surface area (Å²) in [6.45, 7) is 4.82. The molecule has 3 unspecified atom stereocenters. The van der Waals surface area contributed by atoms with Gasteiger partial charge in [0.1, 0.15) is 0 Å². The first kappa shape index (κ1) is 17.4. The molecule has 0 aromatic heterocycles. The zero-order valence-corrected chi connectivity index (χ0v) is 13.1. The van der Waals surface area contributed by atoms with Gasteiger partial charge in [0.05, 0.1) is 6.61 Å². The molecule has 1 rings (SSSR count). The van der Waals surface area contributed by atoms with Gasteiger partial charge < -0.3 is 20.1 Å². The Hall–Kier alpha value is -0.650. The molecule has 1 aliphatic rings. The number of carbonyl (C=O) groups is 1. The molecule has 1 saturated carbocycles. The number of nitrogens with two attached hydrogens (primary N) is 1. The van der Waals surface area contributed by atoms with Crippen LogP contribution in [0.1, 0.15) is 32.6 Å². The number of nitrogens with zero attached hydrogens (tertiary/aromatic N) is 1. The highest BCUT2D eigenvalue weighted by Crippen LogP contribution is 2.29. The molecule has 20 heavy (non-hydrogen) atoms. The van der Waals surface area contributed by atoms with Crippen molar-refractivity contribution in [1.82, 2.24) is 4.90 Å². The van der Waals surface area contributed by atoms with Crippen molar-refractivity contribution < 1.29 is 14.3 Å². The first-order valence-electron chi connectivity index (χ1n) is 7.62. The number of hydrogen-bond donors (Lipinski definition) is 1. The quantitative estimate of drug-likeness (QED) is 0.682. The minimum absolute atomic E-state index is 0.0839. The Morgan fingerprint density at radius 1 is 1.20 bits per heavy atom. The summed E-state index contributed by atoms with van der Waals surface area (Å²) < 4.78 is 10.2. The van der Waals surface area contributed by atoms with E-state index in [2.05, 4.69) is 6.92 Å². The Labute approximate surface area is 122 Å². The smallest absolute Gasteiger partial charge is 0.225 e. The van der Waals surface area contributed by atoms with Crippen LogP contribution in [0.15, 0.2) is 0 Å². The first-order valence-corrected chi connectivity index (χ1v) is 7.62. The van der Waals surface area contributed by atoms with E-state index in [1.807, 2.05) is 4.90 Å². The lowest BCUT2D eigenvalue weighted by Crippen LogP contribution is -2.44. The van der Waals surface area contributed by atoms with Crippen molar-refractivity contribution in [3.8, 4) is 0 Å². The molecule has 0 heterocycles. The number of amides is 1. The molecule has 118 valence electrons. The Bertz CT molecular complexity index is 286. The fraction of sp³-hybridized carbons (Fsp3) is 0.933. The van der Waals surface area contributed by atoms with Crippen LogP contribution in [0.5, 0.6) is 0 Å². The highest BCUT2D eigenvalue weighted by molar-refractivity contribution is 5.79. The second kappa shape index (κ2) is 9.32. The molecule has 1 aliphatic carbocycles. The Kier molecular flexibility index (Phi) is 8.11. The van der Waals surface area contributed by atoms with Crippen molar-refractivity contribution in [2.75, 3.05) is 40.5 Å². The molecule has 0 radical (unpaired) electrons. The molecule has 0 spiro atoms. The van der Waals surface area contributed by atoms with Gasteiger partial charge in [-0.05, 0) is 31.6 Å². The summed E-state index contributed by atoms with van der Waals surface area (Å²) in [4.78, 5) is 14.5. The van der Waals surface area contributed by atoms with Crippen LogP contribution < -0.4 is 5.73 Å². The topological polar surface area (TPSA) is 64.8 Å². The van der Waals surface area contributed by atoms with Gasteiger partial charge in [0, 0.05) is 45.9 Å². The zero-order valence-electron chi connectivity index (χ0n) is 13.1. The van der Waals surface area contributed by atoms with Crippen LogP contribution in [0.2, 0.25) is 0 Å². The Balaban J connectivity index is 2.52. The molecule has 0 saturated heterocycles. The maximum atomic E-state index is 12.6. The van der Waals surface area contributed by atoms with Crippen LogP contribution in [0, 0.1) is 11.8 Å². The molecular formula is C15H30N2O3. The van der Waals surface area contributed by atoms with Crippen LogP contribution in [0.3, 0.4) is 0 Å². The van der Waals surface area contributed by atoms with Gasteiger partial charge in [-0.15, -0.1) is 0 Å². The minimum Gasteiger partial charge on any atom is -0.385 e. The second-order valence-corrected chi connectivity index (χ2v) is 5.82. The third-order valence-electron chi connectivity index (χ3n) is 4.26. The summed E-state index contributed by atoms with van der Waals surface area (Å²) in [6.07, 6.45) is 3.68. The third kappa shape index (κ3) is 5.38. The molecule has 0 aromatic carbocycles. The largest absolute Gasteiger partial charge is 0.385 e. The van der Waals surface area contributed by atoms with Gasteiger partial charge in [-0.2, -0.15) is 0 Å². The number of carbonyl (C=O) groups excluding carboxylic acids is 1. The van der Waals surface area contributed by atoms with E-state index in [9.17, 15) is 4.79 Å². The number of rotatable bonds is 8. The Morgan fingerprint density at radius 2 is 1.90 bits per heavy atom.